The Morgan fingerprint density at radius 3 is 2.78 bits per heavy atom. The van der Waals surface area contributed by atoms with E-state index < -0.39 is 0 Å². The van der Waals surface area contributed by atoms with Crippen molar-refractivity contribution in [2.75, 3.05) is 22.1 Å². The Morgan fingerprint density at radius 1 is 1.26 bits per heavy atom. The molecule has 2 N–H and O–H groups in total. The van der Waals surface area contributed by atoms with Crippen LogP contribution in [0.15, 0.2) is 28.7 Å². The number of urea groups is 1. The smallest absolute Gasteiger partial charge is 0.325 e. The quantitative estimate of drug-likeness (QED) is 0.811. The van der Waals surface area contributed by atoms with Gasteiger partial charge in [0.1, 0.15) is 0 Å². The van der Waals surface area contributed by atoms with Crippen LogP contribution in [0.3, 0.4) is 0 Å². The molecule has 8 heteroatoms. The molecule has 0 radical (unpaired) electrons. The van der Waals surface area contributed by atoms with Crippen molar-refractivity contribution in [2.24, 2.45) is 0 Å². The molecule has 122 valence electrons. The molecule has 0 spiro atoms. The lowest BCUT2D eigenvalue weighted by atomic mass is 10.1. The molecule has 1 aromatic carbocycles. The van der Waals surface area contributed by atoms with Crippen molar-refractivity contribution in [2.45, 2.75) is 32.2 Å². The van der Waals surface area contributed by atoms with Crippen molar-refractivity contribution in [3.63, 3.8) is 0 Å². The third kappa shape index (κ3) is 4.20. The van der Waals surface area contributed by atoms with E-state index in [0.717, 1.165) is 21.8 Å². The highest BCUT2D eigenvalue weighted by atomic mass is 79.9. The highest BCUT2D eigenvalue weighted by molar-refractivity contribution is 9.10. The van der Waals surface area contributed by atoms with E-state index in [-0.39, 0.29) is 6.03 Å². The van der Waals surface area contributed by atoms with Gasteiger partial charge in [-0.3, -0.25) is 5.32 Å². The van der Waals surface area contributed by atoms with Crippen molar-refractivity contribution in [1.82, 2.24) is 10.2 Å². The highest BCUT2D eigenvalue weighted by Crippen LogP contribution is 2.29. The predicted molar refractivity (Wildman–Crippen MR) is 97.4 cm³/mol. The molecule has 1 atom stereocenters. The van der Waals surface area contributed by atoms with E-state index in [1.165, 1.54) is 30.6 Å². The summed E-state index contributed by atoms with van der Waals surface area (Å²) in [5, 5.41) is 15.2. The molecule has 0 saturated carbocycles. The molecule has 2 heterocycles. The second-order valence-electron chi connectivity index (χ2n) is 5.51. The number of amides is 2. The molecule has 2 aromatic rings. The van der Waals surface area contributed by atoms with Crippen LogP contribution in [0.1, 0.15) is 26.2 Å². The van der Waals surface area contributed by atoms with E-state index in [4.69, 9.17) is 0 Å². The maximum Gasteiger partial charge on any atom is 0.325 e. The van der Waals surface area contributed by atoms with E-state index >= 15 is 0 Å². The minimum atomic E-state index is -0.318. The first-order valence-electron chi connectivity index (χ1n) is 7.55. The fourth-order valence-corrected chi connectivity index (χ4v) is 3.69. The Labute approximate surface area is 147 Å². The second-order valence-corrected chi connectivity index (χ2v) is 7.39. The number of anilines is 3. The van der Waals surface area contributed by atoms with Crippen LogP contribution in [0.4, 0.5) is 20.7 Å². The van der Waals surface area contributed by atoms with Crippen LogP contribution in [0.25, 0.3) is 0 Å². The molecule has 23 heavy (non-hydrogen) atoms. The predicted octanol–water partition coefficient (Wildman–Crippen LogP) is 4.32. The summed E-state index contributed by atoms with van der Waals surface area (Å²) < 4.78 is 0.966. The fourth-order valence-electron chi connectivity index (χ4n) is 2.56. The molecule has 1 saturated heterocycles. The zero-order chi connectivity index (χ0) is 16.2. The fraction of sp³-hybridized carbons (Fsp3) is 0.400. The Morgan fingerprint density at radius 2 is 2.04 bits per heavy atom. The molecule has 1 aliphatic heterocycles. The number of benzene rings is 1. The van der Waals surface area contributed by atoms with Crippen LogP contribution >= 0.6 is 27.3 Å². The number of nitrogens with zero attached hydrogens (tertiary/aromatic N) is 3. The van der Waals surface area contributed by atoms with Gasteiger partial charge in [0.05, 0.1) is 0 Å². The topological polar surface area (TPSA) is 70.2 Å². The van der Waals surface area contributed by atoms with Gasteiger partial charge in [-0.15, -0.1) is 10.2 Å². The number of carbonyl (C=O) groups is 1. The van der Waals surface area contributed by atoms with E-state index in [0.29, 0.717) is 11.2 Å². The normalized spacial score (nSPS) is 17.8. The van der Waals surface area contributed by atoms with Crippen molar-refractivity contribution < 1.29 is 4.79 Å². The van der Waals surface area contributed by atoms with Gasteiger partial charge in [-0.25, -0.2) is 4.79 Å². The largest absolute Gasteiger partial charge is 0.344 e. The Balaban J connectivity index is 1.60. The minimum Gasteiger partial charge on any atom is -0.344 e. The third-order valence-electron chi connectivity index (χ3n) is 3.79. The zero-order valence-electron chi connectivity index (χ0n) is 12.8. The van der Waals surface area contributed by atoms with Gasteiger partial charge in [0.2, 0.25) is 10.3 Å². The molecule has 6 nitrogen and oxygen atoms in total. The number of aromatic nitrogens is 2. The van der Waals surface area contributed by atoms with Gasteiger partial charge < -0.3 is 10.2 Å². The summed E-state index contributed by atoms with van der Waals surface area (Å²) in [7, 11) is 0. The van der Waals surface area contributed by atoms with Crippen LogP contribution < -0.4 is 15.5 Å². The number of nitrogens with one attached hydrogen (secondary N) is 2. The Kier molecular flexibility index (Phi) is 5.12. The second kappa shape index (κ2) is 7.27. The SMILES string of the molecule is C[C@H]1CCCCN1c1nnc(NC(=O)Nc2ccc(Br)cc2)s1. The summed E-state index contributed by atoms with van der Waals surface area (Å²) in [4.78, 5) is 14.3. The average Bonchev–Trinajstić information content (AvgIpc) is 2.98. The van der Waals surface area contributed by atoms with Gasteiger partial charge in [-0.1, -0.05) is 27.3 Å². The van der Waals surface area contributed by atoms with Crippen molar-refractivity contribution in [3.8, 4) is 0 Å². The highest BCUT2D eigenvalue weighted by Gasteiger charge is 2.22. The number of piperidine rings is 1. The van der Waals surface area contributed by atoms with Crippen molar-refractivity contribution in [1.29, 1.82) is 0 Å². The standard InChI is InChI=1S/C15H18BrN5OS/c1-10-4-2-3-9-21(10)15-20-19-14(23-15)18-13(22)17-12-7-5-11(16)6-8-12/h5-8,10H,2-4,9H2,1H3,(H2,17,18,19,22)/t10-/m0/s1. The monoisotopic (exact) mass is 395 g/mol. The molecule has 1 aromatic heterocycles. The minimum absolute atomic E-state index is 0.318. The first-order valence-corrected chi connectivity index (χ1v) is 9.16. The summed E-state index contributed by atoms with van der Waals surface area (Å²) in [5.74, 6) is 0. The van der Waals surface area contributed by atoms with Crippen LogP contribution in [0, 0.1) is 0 Å². The van der Waals surface area contributed by atoms with Crippen LogP contribution in [-0.2, 0) is 0 Å². The van der Waals surface area contributed by atoms with Crippen molar-refractivity contribution in [3.05, 3.63) is 28.7 Å². The van der Waals surface area contributed by atoms with Gasteiger partial charge in [0.15, 0.2) is 0 Å². The number of carbonyl (C=O) groups excluding carboxylic acids is 1. The number of rotatable bonds is 3. The number of hydrogen-bond donors (Lipinski definition) is 2. The van der Waals surface area contributed by atoms with E-state index in [1.54, 1.807) is 0 Å². The first kappa shape index (κ1) is 16.2. The van der Waals surface area contributed by atoms with Gasteiger partial charge in [0.25, 0.3) is 0 Å². The molecule has 1 fully saturated rings. The summed E-state index contributed by atoms with van der Waals surface area (Å²) in [5.41, 5.74) is 0.722. The van der Waals surface area contributed by atoms with Gasteiger partial charge in [0, 0.05) is 22.7 Å². The van der Waals surface area contributed by atoms with Gasteiger partial charge >= 0.3 is 6.03 Å². The van der Waals surface area contributed by atoms with Crippen LogP contribution in [0.2, 0.25) is 0 Å². The molecule has 1 aliphatic rings. The summed E-state index contributed by atoms with van der Waals surface area (Å²) >= 11 is 4.77. The lowest BCUT2D eigenvalue weighted by Crippen LogP contribution is -2.37. The van der Waals surface area contributed by atoms with Gasteiger partial charge in [-0.05, 0) is 50.5 Å². The molecule has 2 amide bonds. The molecule has 0 bridgehead atoms. The van der Waals surface area contributed by atoms with Crippen molar-refractivity contribution >= 4 is 49.2 Å². The molecular formula is C15H18BrN5OS. The molecule has 0 aliphatic carbocycles. The molecule has 0 unspecified atom stereocenters. The lowest BCUT2D eigenvalue weighted by molar-refractivity contribution is 0.262. The third-order valence-corrected chi connectivity index (χ3v) is 5.19. The summed E-state index contributed by atoms with van der Waals surface area (Å²) in [6.45, 7) is 3.20. The maximum atomic E-state index is 12.0. The lowest BCUT2D eigenvalue weighted by Gasteiger charge is -2.32. The zero-order valence-corrected chi connectivity index (χ0v) is 15.2. The number of halogens is 1. The van der Waals surface area contributed by atoms with E-state index in [2.05, 4.69) is 48.6 Å². The summed E-state index contributed by atoms with van der Waals surface area (Å²) in [6, 6.07) is 7.55. The van der Waals surface area contributed by atoms with Crippen LogP contribution in [0.5, 0.6) is 0 Å². The Hall–Kier alpha value is -1.67. The first-order chi connectivity index (χ1) is 11.1. The Bertz CT molecular complexity index is 675. The molecular weight excluding hydrogens is 378 g/mol. The maximum absolute atomic E-state index is 12.0. The van der Waals surface area contributed by atoms with Gasteiger partial charge in [-0.2, -0.15) is 0 Å². The number of hydrogen-bond acceptors (Lipinski definition) is 5. The van der Waals surface area contributed by atoms with E-state index in [9.17, 15) is 4.79 Å². The van der Waals surface area contributed by atoms with E-state index in [1.807, 2.05) is 24.3 Å². The summed E-state index contributed by atoms with van der Waals surface area (Å²) in [6.07, 6.45) is 3.61. The molecule has 3 rings (SSSR count). The average molecular weight is 396 g/mol. The van der Waals surface area contributed by atoms with Crippen LogP contribution in [-0.4, -0.2) is 28.8 Å².